The number of aromatic hydroxyl groups is 1. The minimum Gasteiger partial charge on any atom is -0.506 e. The van der Waals surface area contributed by atoms with Crippen molar-refractivity contribution < 1.29 is 10.2 Å². The van der Waals surface area contributed by atoms with Crippen molar-refractivity contribution in [2.45, 2.75) is 26.0 Å². The zero-order chi connectivity index (χ0) is 11.4. The summed E-state index contributed by atoms with van der Waals surface area (Å²) in [5.41, 5.74) is 12.9. The molecule has 0 unspecified atom stereocenters. The maximum atomic E-state index is 9.81. The van der Waals surface area contributed by atoms with Crippen LogP contribution in [-0.4, -0.2) is 21.7 Å². The van der Waals surface area contributed by atoms with E-state index in [1.54, 1.807) is 6.92 Å². The van der Waals surface area contributed by atoms with Crippen molar-refractivity contribution in [3.8, 4) is 5.75 Å². The van der Waals surface area contributed by atoms with Gasteiger partial charge in [0.2, 0.25) is 0 Å². The summed E-state index contributed by atoms with van der Waals surface area (Å²) in [5.74, 6) is 0.0579. The van der Waals surface area contributed by atoms with Gasteiger partial charge in [-0.15, -0.1) is 0 Å². The minimum atomic E-state index is -0.362. The number of aromatic nitrogens is 1. The molecule has 0 aromatic carbocycles. The molecule has 5 nitrogen and oxygen atoms in total. The molecule has 1 rings (SSSR count). The standard InChI is InChI=1S/C10H17N3O2/c1-6-10(15)9(8(12)2-3-11)7(5-14)4-13-6/h4,8,14-15H,2-3,5,11-12H2,1H3/t8-/m1/s1. The molecule has 0 radical (unpaired) electrons. The molecule has 0 saturated heterocycles. The molecular formula is C10H17N3O2. The molecular weight excluding hydrogens is 194 g/mol. The Hall–Kier alpha value is -1.17. The van der Waals surface area contributed by atoms with Crippen LogP contribution in [0.25, 0.3) is 0 Å². The summed E-state index contributed by atoms with van der Waals surface area (Å²) in [4.78, 5) is 3.96. The van der Waals surface area contributed by atoms with Crippen LogP contribution in [0.15, 0.2) is 6.20 Å². The Morgan fingerprint density at radius 1 is 1.53 bits per heavy atom. The second-order valence-electron chi connectivity index (χ2n) is 3.47. The highest BCUT2D eigenvalue weighted by atomic mass is 16.3. The van der Waals surface area contributed by atoms with Gasteiger partial charge in [0.05, 0.1) is 12.3 Å². The summed E-state index contributed by atoms with van der Waals surface area (Å²) < 4.78 is 0. The topological polar surface area (TPSA) is 105 Å². The van der Waals surface area contributed by atoms with E-state index < -0.39 is 0 Å². The number of rotatable bonds is 4. The highest BCUT2D eigenvalue weighted by Gasteiger charge is 2.17. The van der Waals surface area contributed by atoms with Gasteiger partial charge >= 0.3 is 0 Å². The van der Waals surface area contributed by atoms with E-state index in [-0.39, 0.29) is 18.4 Å². The minimum absolute atomic E-state index is 0.0579. The van der Waals surface area contributed by atoms with E-state index in [4.69, 9.17) is 16.6 Å². The Morgan fingerprint density at radius 3 is 2.73 bits per heavy atom. The molecule has 0 saturated carbocycles. The summed E-state index contributed by atoms with van der Waals surface area (Å²) in [5, 5.41) is 18.9. The summed E-state index contributed by atoms with van der Waals surface area (Å²) >= 11 is 0. The molecule has 1 atom stereocenters. The Morgan fingerprint density at radius 2 is 2.20 bits per heavy atom. The molecule has 5 heteroatoms. The highest BCUT2D eigenvalue weighted by molar-refractivity contribution is 5.42. The molecule has 0 bridgehead atoms. The second-order valence-corrected chi connectivity index (χ2v) is 3.47. The second kappa shape index (κ2) is 5.06. The Bertz CT molecular complexity index is 342. The van der Waals surface area contributed by atoms with Crippen LogP contribution in [0.4, 0.5) is 0 Å². The van der Waals surface area contributed by atoms with Gasteiger partial charge in [-0.05, 0) is 19.9 Å². The van der Waals surface area contributed by atoms with Crippen molar-refractivity contribution >= 4 is 0 Å². The third-order valence-corrected chi connectivity index (χ3v) is 2.38. The Labute approximate surface area is 88.7 Å². The molecule has 0 aliphatic heterocycles. The van der Waals surface area contributed by atoms with Gasteiger partial charge in [-0.1, -0.05) is 0 Å². The van der Waals surface area contributed by atoms with Gasteiger partial charge in [-0.25, -0.2) is 0 Å². The van der Waals surface area contributed by atoms with Crippen LogP contribution in [0.2, 0.25) is 0 Å². The number of hydrogen-bond donors (Lipinski definition) is 4. The highest BCUT2D eigenvalue weighted by Crippen LogP contribution is 2.29. The lowest BCUT2D eigenvalue weighted by atomic mass is 9.98. The van der Waals surface area contributed by atoms with Crippen LogP contribution in [0.3, 0.4) is 0 Å². The van der Waals surface area contributed by atoms with E-state index in [0.29, 0.717) is 29.8 Å². The third kappa shape index (κ3) is 2.44. The number of pyridine rings is 1. The van der Waals surface area contributed by atoms with Crippen molar-refractivity contribution in [2.75, 3.05) is 6.54 Å². The van der Waals surface area contributed by atoms with Crippen LogP contribution < -0.4 is 11.5 Å². The first kappa shape index (κ1) is 11.9. The van der Waals surface area contributed by atoms with E-state index in [9.17, 15) is 5.11 Å². The lowest BCUT2D eigenvalue weighted by Gasteiger charge is -2.17. The first-order chi connectivity index (χ1) is 7.11. The average Bonchev–Trinajstić information content (AvgIpc) is 2.22. The molecule has 1 aromatic rings. The predicted octanol–water partition coefficient (Wildman–Crippen LogP) is -0.0635. The van der Waals surface area contributed by atoms with Crippen molar-refractivity contribution in [3.05, 3.63) is 23.0 Å². The fourth-order valence-electron chi connectivity index (χ4n) is 1.52. The maximum absolute atomic E-state index is 9.81. The fourth-order valence-corrected chi connectivity index (χ4v) is 1.52. The number of nitrogens with two attached hydrogens (primary N) is 2. The van der Waals surface area contributed by atoms with Gasteiger partial charge in [0.15, 0.2) is 0 Å². The smallest absolute Gasteiger partial charge is 0.141 e. The molecule has 0 aliphatic carbocycles. The molecule has 0 fully saturated rings. The first-order valence-corrected chi connectivity index (χ1v) is 4.85. The number of aryl methyl sites for hydroxylation is 1. The van der Waals surface area contributed by atoms with Gasteiger partial charge in [-0.3, -0.25) is 4.98 Å². The van der Waals surface area contributed by atoms with E-state index in [1.807, 2.05) is 0 Å². The van der Waals surface area contributed by atoms with Gasteiger partial charge in [0.1, 0.15) is 5.75 Å². The summed E-state index contributed by atoms with van der Waals surface area (Å²) in [6.45, 7) is 1.94. The number of hydrogen-bond acceptors (Lipinski definition) is 5. The van der Waals surface area contributed by atoms with Crippen LogP contribution in [0, 0.1) is 6.92 Å². The van der Waals surface area contributed by atoms with Crippen LogP contribution in [0.5, 0.6) is 5.75 Å². The molecule has 15 heavy (non-hydrogen) atoms. The van der Waals surface area contributed by atoms with Crippen molar-refractivity contribution in [1.29, 1.82) is 0 Å². The Balaban J connectivity index is 3.17. The largest absolute Gasteiger partial charge is 0.506 e. The monoisotopic (exact) mass is 211 g/mol. The maximum Gasteiger partial charge on any atom is 0.141 e. The van der Waals surface area contributed by atoms with Crippen molar-refractivity contribution in [3.63, 3.8) is 0 Å². The Kier molecular flexibility index (Phi) is 4.02. The van der Waals surface area contributed by atoms with E-state index in [1.165, 1.54) is 6.20 Å². The number of nitrogens with zero attached hydrogens (tertiary/aromatic N) is 1. The number of aliphatic hydroxyl groups is 1. The molecule has 0 spiro atoms. The predicted molar refractivity (Wildman–Crippen MR) is 57.2 cm³/mol. The van der Waals surface area contributed by atoms with Crippen LogP contribution in [0.1, 0.15) is 29.3 Å². The quantitative estimate of drug-likeness (QED) is 0.558. The first-order valence-electron chi connectivity index (χ1n) is 4.85. The van der Waals surface area contributed by atoms with Crippen molar-refractivity contribution in [2.24, 2.45) is 11.5 Å². The lowest BCUT2D eigenvalue weighted by molar-refractivity contribution is 0.277. The molecule has 1 heterocycles. The van der Waals surface area contributed by atoms with Gasteiger partial charge in [-0.2, -0.15) is 0 Å². The normalized spacial score (nSPS) is 12.8. The summed E-state index contributed by atoms with van der Waals surface area (Å²) in [7, 11) is 0. The van der Waals surface area contributed by atoms with E-state index >= 15 is 0 Å². The van der Waals surface area contributed by atoms with E-state index in [0.717, 1.165) is 0 Å². The zero-order valence-corrected chi connectivity index (χ0v) is 8.77. The zero-order valence-electron chi connectivity index (χ0n) is 8.77. The summed E-state index contributed by atoms with van der Waals surface area (Å²) in [6.07, 6.45) is 2.09. The molecule has 0 amide bonds. The van der Waals surface area contributed by atoms with Gasteiger partial charge in [0, 0.05) is 23.4 Å². The van der Waals surface area contributed by atoms with Gasteiger partial charge < -0.3 is 21.7 Å². The molecule has 6 N–H and O–H groups in total. The number of aliphatic hydroxyl groups excluding tert-OH is 1. The molecule has 84 valence electrons. The SMILES string of the molecule is Cc1ncc(CO)c([C@H](N)CCN)c1O. The molecule has 0 aliphatic rings. The van der Waals surface area contributed by atoms with Gasteiger partial charge in [0.25, 0.3) is 0 Å². The lowest BCUT2D eigenvalue weighted by Crippen LogP contribution is -2.18. The fraction of sp³-hybridized carbons (Fsp3) is 0.500. The average molecular weight is 211 g/mol. The molecule has 1 aromatic heterocycles. The van der Waals surface area contributed by atoms with Crippen LogP contribution in [-0.2, 0) is 6.61 Å². The van der Waals surface area contributed by atoms with Crippen molar-refractivity contribution in [1.82, 2.24) is 4.98 Å². The third-order valence-electron chi connectivity index (χ3n) is 2.38. The van der Waals surface area contributed by atoms with E-state index in [2.05, 4.69) is 4.98 Å². The van der Waals surface area contributed by atoms with Crippen LogP contribution >= 0.6 is 0 Å². The summed E-state index contributed by atoms with van der Waals surface area (Å²) in [6, 6.07) is -0.362.